The molecular formula is C19H18BrN3O2S. The zero-order chi connectivity index (χ0) is 18.4. The first kappa shape index (κ1) is 18.4. The Balaban J connectivity index is 1.71. The minimum Gasteiger partial charge on any atom is -0.493 e. The van der Waals surface area contributed by atoms with Crippen molar-refractivity contribution in [2.45, 2.75) is 13.5 Å². The Hall–Kier alpha value is -2.38. The molecule has 134 valence electrons. The minimum absolute atomic E-state index is 0.466. The van der Waals surface area contributed by atoms with Gasteiger partial charge in [-0.2, -0.15) is 5.10 Å². The first-order chi connectivity index (χ1) is 12.7. The second-order valence-electron chi connectivity index (χ2n) is 5.47. The Morgan fingerprint density at radius 2 is 2.08 bits per heavy atom. The van der Waals surface area contributed by atoms with Crippen molar-refractivity contribution in [2.24, 2.45) is 5.10 Å². The van der Waals surface area contributed by atoms with Crippen molar-refractivity contribution in [2.75, 3.05) is 12.5 Å². The number of thiazole rings is 1. The lowest BCUT2D eigenvalue weighted by molar-refractivity contribution is 0.282. The minimum atomic E-state index is 0.466. The Morgan fingerprint density at radius 3 is 2.77 bits per heavy atom. The summed E-state index contributed by atoms with van der Waals surface area (Å²) in [6.45, 7) is 2.41. The van der Waals surface area contributed by atoms with Gasteiger partial charge in [0.15, 0.2) is 11.5 Å². The van der Waals surface area contributed by atoms with Crippen molar-refractivity contribution < 1.29 is 9.47 Å². The monoisotopic (exact) mass is 431 g/mol. The number of nitrogens with zero attached hydrogens (tertiary/aromatic N) is 2. The summed E-state index contributed by atoms with van der Waals surface area (Å²) in [4.78, 5) is 4.30. The molecule has 0 fully saturated rings. The summed E-state index contributed by atoms with van der Waals surface area (Å²) in [6.07, 6.45) is 1.71. The van der Waals surface area contributed by atoms with Crippen LogP contribution in [0, 0.1) is 6.92 Å². The first-order valence-electron chi connectivity index (χ1n) is 7.91. The van der Waals surface area contributed by atoms with Crippen LogP contribution in [0.3, 0.4) is 0 Å². The summed E-state index contributed by atoms with van der Waals surface area (Å²) >= 11 is 5.07. The van der Waals surface area contributed by atoms with E-state index >= 15 is 0 Å². The molecule has 3 aromatic rings. The summed E-state index contributed by atoms with van der Waals surface area (Å²) in [5.41, 5.74) is 5.86. The Bertz CT molecular complexity index is 897. The highest BCUT2D eigenvalue weighted by atomic mass is 79.9. The van der Waals surface area contributed by atoms with Crippen LogP contribution in [0.1, 0.15) is 16.8 Å². The molecule has 26 heavy (non-hydrogen) atoms. The van der Waals surface area contributed by atoms with Crippen molar-refractivity contribution in [1.29, 1.82) is 0 Å². The van der Waals surface area contributed by atoms with Gasteiger partial charge in [-0.1, -0.05) is 30.3 Å². The van der Waals surface area contributed by atoms with Gasteiger partial charge in [-0.3, -0.25) is 5.43 Å². The standard InChI is InChI=1S/C19H18BrN3O2S/c1-13-12-26-19(22-13)23-21-10-15-8-16(20)18(17(9-15)24-2)25-11-14-6-4-3-5-7-14/h3-10,12H,11H2,1-2H3,(H,22,23). The van der Waals surface area contributed by atoms with Crippen molar-refractivity contribution in [3.63, 3.8) is 0 Å². The third kappa shape index (κ3) is 4.83. The molecule has 0 aliphatic heterocycles. The molecule has 5 nitrogen and oxygen atoms in total. The number of hydrazone groups is 1. The van der Waals surface area contributed by atoms with Gasteiger partial charge >= 0.3 is 0 Å². The number of aromatic nitrogens is 1. The van der Waals surface area contributed by atoms with Crippen molar-refractivity contribution in [3.05, 3.63) is 69.1 Å². The third-order valence-corrected chi connectivity index (χ3v) is 4.92. The molecule has 0 spiro atoms. The van der Waals surface area contributed by atoms with Gasteiger partial charge < -0.3 is 9.47 Å². The van der Waals surface area contributed by atoms with Gasteiger partial charge in [0.2, 0.25) is 5.13 Å². The van der Waals surface area contributed by atoms with Crippen LogP contribution in [0.4, 0.5) is 5.13 Å². The van der Waals surface area contributed by atoms with Crippen LogP contribution >= 0.6 is 27.3 Å². The van der Waals surface area contributed by atoms with Gasteiger partial charge in [0.25, 0.3) is 0 Å². The Morgan fingerprint density at radius 1 is 1.27 bits per heavy atom. The van der Waals surface area contributed by atoms with Crippen LogP contribution < -0.4 is 14.9 Å². The van der Waals surface area contributed by atoms with E-state index in [-0.39, 0.29) is 0 Å². The number of halogens is 1. The number of nitrogens with one attached hydrogen (secondary N) is 1. The third-order valence-electron chi connectivity index (χ3n) is 3.47. The number of ether oxygens (including phenoxy) is 2. The molecule has 0 aliphatic rings. The molecule has 3 rings (SSSR count). The smallest absolute Gasteiger partial charge is 0.203 e. The average molecular weight is 432 g/mol. The fraction of sp³-hybridized carbons (Fsp3) is 0.158. The molecule has 0 aliphatic carbocycles. The van der Waals surface area contributed by atoms with Gasteiger partial charge in [-0.25, -0.2) is 4.98 Å². The van der Waals surface area contributed by atoms with Crippen molar-refractivity contribution in [3.8, 4) is 11.5 Å². The van der Waals surface area contributed by atoms with Gasteiger partial charge in [0.1, 0.15) is 6.61 Å². The normalized spacial score (nSPS) is 10.9. The molecule has 0 unspecified atom stereocenters. The second kappa shape index (κ2) is 8.82. The molecule has 0 bridgehead atoms. The highest BCUT2D eigenvalue weighted by Gasteiger charge is 2.11. The topological polar surface area (TPSA) is 55.7 Å². The zero-order valence-electron chi connectivity index (χ0n) is 14.4. The summed E-state index contributed by atoms with van der Waals surface area (Å²) in [6, 6.07) is 13.8. The number of hydrogen-bond donors (Lipinski definition) is 1. The van der Waals surface area contributed by atoms with Crippen LogP contribution in [0.25, 0.3) is 0 Å². The molecule has 0 saturated carbocycles. The molecule has 2 aromatic carbocycles. The lowest BCUT2D eigenvalue weighted by Gasteiger charge is -2.13. The Labute approximate surface area is 164 Å². The maximum Gasteiger partial charge on any atom is 0.203 e. The van der Waals surface area contributed by atoms with Crippen LogP contribution in [-0.4, -0.2) is 18.3 Å². The summed E-state index contributed by atoms with van der Waals surface area (Å²) in [5.74, 6) is 1.30. The van der Waals surface area contributed by atoms with Gasteiger partial charge in [-0.15, -0.1) is 11.3 Å². The summed E-state index contributed by atoms with van der Waals surface area (Å²) in [5, 5.41) is 6.95. The summed E-state index contributed by atoms with van der Waals surface area (Å²) < 4.78 is 12.2. The van der Waals surface area contributed by atoms with E-state index in [0.717, 1.165) is 26.4 Å². The van der Waals surface area contributed by atoms with E-state index < -0.39 is 0 Å². The SMILES string of the molecule is COc1cc(C=NNc2nc(C)cs2)cc(Br)c1OCc1ccccc1. The molecule has 0 saturated heterocycles. The highest BCUT2D eigenvalue weighted by molar-refractivity contribution is 9.10. The summed E-state index contributed by atoms with van der Waals surface area (Å²) in [7, 11) is 1.62. The second-order valence-corrected chi connectivity index (χ2v) is 7.18. The zero-order valence-corrected chi connectivity index (χ0v) is 16.8. The number of anilines is 1. The molecular weight excluding hydrogens is 414 g/mol. The Kier molecular flexibility index (Phi) is 6.25. The van der Waals surface area contributed by atoms with Gasteiger partial charge in [-0.05, 0) is 46.1 Å². The number of hydrogen-bond acceptors (Lipinski definition) is 6. The number of rotatable bonds is 7. The van der Waals surface area contributed by atoms with E-state index in [1.165, 1.54) is 11.3 Å². The lowest BCUT2D eigenvalue weighted by atomic mass is 10.2. The molecule has 1 aromatic heterocycles. The number of methoxy groups -OCH3 is 1. The van der Waals surface area contributed by atoms with Crippen LogP contribution in [-0.2, 0) is 6.61 Å². The van der Waals surface area contributed by atoms with Gasteiger partial charge in [0, 0.05) is 5.38 Å². The largest absolute Gasteiger partial charge is 0.493 e. The maximum absolute atomic E-state index is 5.94. The van der Waals surface area contributed by atoms with Crippen molar-refractivity contribution in [1.82, 2.24) is 4.98 Å². The molecule has 1 heterocycles. The average Bonchev–Trinajstić information content (AvgIpc) is 3.06. The van der Waals surface area contributed by atoms with E-state index in [0.29, 0.717) is 18.1 Å². The van der Waals surface area contributed by atoms with Crippen LogP contribution in [0.5, 0.6) is 11.5 Å². The predicted octanol–water partition coefficient (Wildman–Crippen LogP) is 5.25. The lowest BCUT2D eigenvalue weighted by Crippen LogP contribution is -2.00. The molecule has 0 atom stereocenters. The maximum atomic E-state index is 5.94. The fourth-order valence-corrected chi connectivity index (χ4v) is 3.46. The number of benzene rings is 2. The molecule has 1 N–H and O–H groups in total. The van der Waals surface area contributed by atoms with E-state index in [4.69, 9.17) is 9.47 Å². The van der Waals surface area contributed by atoms with E-state index in [1.807, 2.05) is 54.8 Å². The molecule has 7 heteroatoms. The van der Waals surface area contributed by atoms with Crippen LogP contribution in [0.15, 0.2) is 57.4 Å². The fourth-order valence-electron chi connectivity index (χ4n) is 2.25. The number of aryl methyl sites for hydroxylation is 1. The van der Waals surface area contributed by atoms with Crippen LogP contribution in [0.2, 0.25) is 0 Å². The van der Waals surface area contributed by atoms with Gasteiger partial charge in [0.05, 0.1) is 23.5 Å². The quantitative estimate of drug-likeness (QED) is 0.410. The molecule has 0 radical (unpaired) electrons. The predicted molar refractivity (Wildman–Crippen MR) is 110 cm³/mol. The van der Waals surface area contributed by atoms with Crippen molar-refractivity contribution >= 4 is 38.6 Å². The van der Waals surface area contributed by atoms with E-state index in [2.05, 4.69) is 31.4 Å². The van der Waals surface area contributed by atoms with E-state index in [9.17, 15) is 0 Å². The molecule has 0 amide bonds. The highest BCUT2D eigenvalue weighted by Crippen LogP contribution is 2.36. The van der Waals surface area contributed by atoms with E-state index in [1.54, 1.807) is 13.3 Å². The first-order valence-corrected chi connectivity index (χ1v) is 9.58.